The highest BCUT2D eigenvalue weighted by Crippen LogP contribution is 2.33. The van der Waals surface area contributed by atoms with Crippen LogP contribution >= 0.6 is 27.3 Å². The fourth-order valence-electron chi connectivity index (χ4n) is 2.37. The van der Waals surface area contributed by atoms with E-state index in [1.807, 2.05) is 0 Å². The largest absolute Gasteiger partial charge is 0.462 e. The highest BCUT2D eigenvalue weighted by Gasteiger charge is 2.26. The van der Waals surface area contributed by atoms with Gasteiger partial charge < -0.3 is 20.1 Å². The van der Waals surface area contributed by atoms with Crippen molar-refractivity contribution in [2.45, 2.75) is 13.8 Å². The molecule has 0 spiro atoms. The average Bonchev–Trinajstić information content (AvgIpc) is 3.01. The molecule has 0 saturated carbocycles. The lowest BCUT2D eigenvalue weighted by Crippen LogP contribution is -2.21. The third-order valence-corrected chi connectivity index (χ3v) is 5.41. The van der Waals surface area contributed by atoms with Crippen molar-refractivity contribution in [2.75, 3.05) is 25.6 Å². The molecule has 1 aromatic heterocycles. The Hall–Kier alpha value is -2.72. The first-order valence-corrected chi connectivity index (χ1v) is 10.1. The Morgan fingerprint density at radius 1 is 1.14 bits per heavy atom. The van der Waals surface area contributed by atoms with Gasteiger partial charge in [0.25, 0.3) is 11.8 Å². The summed E-state index contributed by atoms with van der Waals surface area (Å²) in [6.07, 6.45) is 0. The van der Waals surface area contributed by atoms with Gasteiger partial charge in [-0.1, -0.05) is 22.0 Å². The number of carbonyl (C=O) groups excluding carboxylic acids is 4. The lowest BCUT2D eigenvalue weighted by Gasteiger charge is -2.08. The number of halogens is 1. The van der Waals surface area contributed by atoms with Gasteiger partial charge in [0.15, 0.2) is 6.61 Å². The molecule has 2 N–H and O–H groups in total. The second-order valence-corrected chi connectivity index (χ2v) is 7.63. The van der Waals surface area contributed by atoms with Crippen LogP contribution in [0.1, 0.15) is 42.9 Å². The molecule has 0 unspecified atom stereocenters. The van der Waals surface area contributed by atoms with E-state index in [4.69, 9.17) is 9.47 Å². The van der Waals surface area contributed by atoms with Gasteiger partial charge in [-0.05, 0) is 37.6 Å². The molecule has 154 valence electrons. The number of anilines is 1. The third-order valence-electron chi connectivity index (χ3n) is 3.71. The first-order valence-electron chi connectivity index (χ1n) is 8.53. The van der Waals surface area contributed by atoms with Crippen LogP contribution in [0.15, 0.2) is 28.7 Å². The number of thiophene rings is 1. The van der Waals surface area contributed by atoms with Gasteiger partial charge in [0, 0.05) is 11.5 Å². The molecule has 10 heteroatoms. The van der Waals surface area contributed by atoms with Crippen molar-refractivity contribution < 1.29 is 28.7 Å². The topological polar surface area (TPSA) is 111 Å². The van der Waals surface area contributed by atoms with Gasteiger partial charge >= 0.3 is 11.9 Å². The summed E-state index contributed by atoms with van der Waals surface area (Å²) in [5.74, 6) is -2.36. The molecule has 2 rings (SSSR count). The monoisotopic (exact) mass is 482 g/mol. The van der Waals surface area contributed by atoms with Gasteiger partial charge in [-0.25, -0.2) is 9.59 Å². The molecular formula is C19H19BrN2O6S. The van der Waals surface area contributed by atoms with Crippen molar-refractivity contribution in [3.05, 3.63) is 50.3 Å². The molecule has 8 nitrogen and oxygen atoms in total. The molecule has 29 heavy (non-hydrogen) atoms. The number of ether oxygens (including phenoxy) is 2. The SMILES string of the molecule is CCOC(=O)c1c(NC(=O)COC(=O)c2cccc(Br)c2)sc(C(=O)NC)c1C. The molecule has 1 heterocycles. The van der Waals surface area contributed by atoms with Gasteiger partial charge in [0.2, 0.25) is 0 Å². The highest BCUT2D eigenvalue weighted by molar-refractivity contribution is 9.10. The van der Waals surface area contributed by atoms with Crippen molar-refractivity contribution >= 4 is 56.0 Å². The second-order valence-electron chi connectivity index (χ2n) is 5.69. The Morgan fingerprint density at radius 2 is 1.86 bits per heavy atom. The van der Waals surface area contributed by atoms with E-state index in [-0.39, 0.29) is 33.5 Å². The molecule has 1 aromatic carbocycles. The first kappa shape index (κ1) is 22.6. The number of esters is 2. The predicted octanol–water partition coefficient (Wildman–Crippen LogP) is 3.15. The molecule has 2 aromatic rings. The molecule has 0 aliphatic carbocycles. The summed E-state index contributed by atoms with van der Waals surface area (Å²) >= 11 is 4.20. The Labute approximate surface area is 179 Å². The molecule has 0 radical (unpaired) electrons. The lowest BCUT2D eigenvalue weighted by atomic mass is 10.1. The molecule has 0 saturated heterocycles. The summed E-state index contributed by atoms with van der Waals surface area (Å²) < 4.78 is 10.7. The average molecular weight is 483 g/mol. The molecule has 2 amide bonds. The van der Waals surface area contributed by atoms with E-state index >= 15 is 0 Å². The lowest BCUT2D eigenvalue weighted by molar-refractivity contribution is -0.119. The first-order chi connectivity index (χ1) is 13.8. The number of rotatable bonds is 7. The minimum absolute atomic E-state index is 0.0992. The van der Waals surface area contributed by atoms with Crippen LogP contribution in [-0.2, 0) is 14.3 Å². The van der Waals surface area contributed by atoms with Crippen LogP contribution < -0.4 is 10.6 Å². The second kappa shape index (κ2) is 10.2. The molecule has 0 bridgehead atoms. The van der Waals surface area contributed by atoms with Crippen LogP contribution in [0, 0.1) is 6.92 Å². The molecular weight excluding hydrogens is 464 g/mol. The van der Waals surface area contributed by atoms with E-state index in [1.54, 1.807) is 38.1 Å². The zero-order chi connectivity index (χ0) is 21.6. The molecule has 0 atom stereocenters. The number of hydrogen-bond donors (Lipinski definition) is 2. The van der Waals surface area contributed by atoms with Crippen molar-refractivity contribution in [1.29, 1.82) is 0 Å². The summed E-state index contributed by atoms with van der Waals surface area (Å²) in [6.45, 7) is 2.83. The van der Waals surface area contributed by atoms with Crippen LogP contribution in [0.3, 0.4) is 0 Å². The van der Waals surface area contributed by atoms with Crippen molar-refractivity contribution in [1.82, 2.24) is 5.32 Å². The van der Waals surface area contributed by atoms with Gasteiger partial charge in [-0.2, -0.15) is 0 Å². The summed E-state index contributed by atoms with van der Waals surface area (Å²) in [6, 6.07) is 6.55. The summed E-state index contributed by atoms with van der Waals surface area (Å²) in [5.41, 5.74) is 0.782. The Balaban J connectivity index is 2.15. The fraction of sp³-hybridized carbons (Fsp3) is 0.263. The van der Waals surface area contributed by atoms with Crippen molar-refractivity contribution in [3.63, 3.8) is 0 Å². The third kappa shape index (κ3) is 5.64. The zero-order valence-electron chi connectivity index (χ0n) is 16.0. The normalized spacial score (nSPS) is 10.2. The number of amides is 2. The van der Waals surface area contributed by atoms with Crippen molar-refractivity contribution in [2.24, 2.45) is 0 Å². The van der Waals surface area contributed by atoms with Crippen LogP contribution in [0.25, 0.3) is 0 Å². The quantitative estimate of drug-likeness (QED) is 0.586. The number of hydrogen-bond acceptors (Lipinski definition) is 7. The van der Waals surface area contributed by atoms with Crippen LogP contribution in [-0.4, -0.2) is 44.0 Å². The Bertz CT molecular complexity index is 956. The predicted molar refractivity (Wildman–Crippen MR) is 111 cm³/mol. The minimum atomic E-state index is -0.666. The molecule has 0 fully saturated rings. The van der Waals surface area contributed by atoms with E-state index in [0.29, 0.717) is 10.0 Å². The van der Waals surface area contributed by atoms with Crippen LogP contribution in [0.2, 0.25) is 0 Å². The van der Waals surface area contributed by atoms with Gasteiger partial charge in [0.1, 0.15) is 5.00 Å². The minimum Gasteiger partial charge on any atom is -0.462 e. The standard InChI is InChI=1S/C19H19BrN2O6S/c1-4-27-19(26)14-10(2)15(16(24)21-3)29-17(14)22-13(23)9-28-18(25)11-6-5-7-12(20)8-11/h5-8H,4,9H2,1-3H3,(H,21,24)(H,22,23). The number of carbonyl (C=O) groups is 4. The Morgan fingerprint density at radius 3 is 2.48 bits per heavy atom. The Kier molecular flexibility index (Phi) is 7.91. The zero-order valence-corrected chi connectivity index (χ0v) is 18.4. The molecule has 0 aliphatic rings. The van der Waals surface area contributed by atoms with Crippen LogP contribution in [0.4, 0.5) is 5.00 Å². The number of benzene rings is 1. The maximum absolute atomic E-state index is 12.3. The maximum Gasteiger partial charge on any atom is 0.341 e. The van der Waals surface area contributed by atoms with E-state index in [9.17, 15) is 19.2 Å². The fourth-order valence-corrected chi connectivity index (χ4v) is 3.93. The summed E-state index contributed by atoms with van der Waals surface area (Å²) in [4.78, 5) is 48.9. The van der Waals surface area contributed by atoms with Gasteiger partial charge in [0.05, 0.1) is 22.6 Å². The maximum atomic E-state index is 12.3. The van der Waals surface area contributed by atoms with Crippen molar-refractivity contribution in [3.8, 4) is 0 Å². The van der Waals surface area contributed by atoms with E-state index in [2.05, 4.69) is 26.6 Å². The van der Waals surface area contributed by atoms with E-state index in [1.165, 1.54) is 7.05 Å². The smallest absolute Gasteiger partial charge is 0.341 e. The van der Waals surface area contributed by atoms with Gasteiger partial charge in [-0.3, -0.25) is 9.59 Å². The van der Waals surface area contributed by atoms with E-state index < -0.39 is 24.5 Å². The van der Waals surface area contributed by atoms with E-state index in [0.717, 1.165) is 11.3 Å². The summed E-state index contributed by atoms with van der Waals surface area (Å²) in [5, 5.41) is 5.16. The van der Waals surface area contributed by atoms with Crippen LogP contribution in [0.5, 0.6) is 0 Å². The molecule has 0 aliphatic heterocycles. The number of nitrogens with one attached hydrogen (secondary N) is 2. The van der Waals surface area contributed by atoms with Gasteiger partial charge in [-0.15, -0.1) is 11.3 Å². The summed E-state index contributed by atoms with van der Waals surface area (Å²) in [7, 11) is 1.46. The highest BCUT2D eigenvalue weighted by atomic mass is 79.9.